The minimum atomic E-state index is 0. The molecule has 0 unspecified atom stereocenters. The van der Waals surface area contributed by atoms with Gasteiger partial charge in [0, 0.05) is 0 Å². The van der Waals surface area contributed by atoms with E-state index in [1.165, 1.54) is 0 Å². The zero-order chi connectivity index (χ0) is 0. The zero-order valence-corrected chi connectivity index (χ0v) is 14.4. The quantitative estimate of drug-likeness (QED) is 0.351. The van der Waals surface area contributed by atoms with E-state index in [9.17, 15) is 0 Å². The molecule has 2 radical (unpaired) electrons. The Morgan fingerprint density at radius 1 is 0.429 bits per heavy atom. The normalized spacial score (nSPS) is 0. The molecule has 0 aliphatic rings. The predicted octanol–water partition coefficient (Wildman–Crippen LogP) is -0.856. The van der Waals surface area contributed by atoms with Crippen molar-refractivity contribution < 1.29 is 93.1 Å². The van der Waals surface area contributed by atoms with E-state index in [-0.39, 0.29) is 120 Å². The van der Waals surface area contributed by atoms with Crippen molar-refractivity contribution in [1.29, 1.82) is 0 Å². The molecule has 0 amide bonds. The molecule has 0 N–H and O–H groups in total. The summed E-state index contributed by atoms with van der Waals surface area (Å²) < 4.78 is 0. The Morgan fingerprint density at radius 3 is 0.429 bits per heavy atom. The van der Waals surface area contributed by atoms with E-state index in [2.05, 4.69) is 0 Å². The molecule has 7 heavy (non-hydrogen) atoms. The van der Waals surface area contributed by atoms with Crippen molar-refractivity contribution in [3.8, 4) is 0 Å². The molecule has 0 saturated heterocycles. The van der Waals surface area contributed by atoms with E-state index in [0.29, 0.717) is 0 Å². The SMILES string of the molecule is [La+3].[La+3].[O-2].[O-2].[O-2].[O-2].[Pb+2]. The van der Waals surface area contributed by atoms with Crippen LogP contribution < -0.4 is 0 Å². The molecule has 0 aromatic carbocycles. The molecule has 0 aliphatic heterocycles. The number of hydrogen-bond acceptors (Lipinski definition) is 0. The van der Waals surface area contributed by atoms with Crippen molar-refractivity contribution in [2.75, 3.05) is 0 Å². The molecule has 0 spiro atoms. The maximum atomic E-state index is 0. The topological polar surface area (TPSA) is 114 Å². The second-order valence-corrected chi connectivity index (χ2v) is 0. The van der Waals surface area contributed by atoms with Crippen molar-refractivity contribution >= 4 is 27.3 Å². The van der Waals surface area contributed by atoms with Crippen LogP contribution in [0.1, 0.15) is 0 Å². The van der Waals surface area contributed by atoms with E-state index in [1.54, 1.807) is 0 Å². The standard InChI is InChI=1S/2La.4O.Pb/q2*+3;4*-2;+2. The van der Waals surface area contributed by atoms with Gasteiger partial charge >= 0.3 is 98.5 Å². The van der Waals surface area contributed by atoms with Gasteiger partial charge in [-0.15, -0.1) is 0 Å². The maximum absolute atomic E-state index is 0. The van der Waals surface area contributed by atoms with Crippen LogP contribution in [0, 0.1) is 71.2 Å². The molecule has 0 fully saturated rings. The smallest absolute Gasteiger partial charge is 2.00 e. The van der Waals surface area contributed by atoms with Gasteiger partial charge in [-0.2, -0.15) is 0 Å². The average Bonchev–Trinajstić information content (AvgIpc) is 0. The van der Waals surface area contributed by atoms with Crippen molar-refractivity contribution in [3.63, 3.8) is 0 Å². The van der Waals surface area contributed by atoms with Gasteiger partial charge in [-0.05, 0) is 0 Å². The van der Waals surface area contributed by atoms with Crippen LogP contribution in [0.3, 0.4) is 0 Å². The van der Waals surface area contributed by atoms with Gasteiger partial charge in [0.15, 0.2) is 0 Å². The molecule has 0 aromatic rings. The van der Waals surface area contributed by atoms with Crippen LogP contribution in [0.15, 0.2) is 0 Å². The molecular formula is La2O4Pb. The Kier molecular flexibility index (Phi) is 749. The summed E-state index contributed by atoms with van der Waals surface area (Å²) in [5.74, 6) is 0. The Bertz CT molecular complexity index is 9.65. The van der Waals surface area contributed by atoms with Gasteiger partial charge < -0.3 is 21.9 Å². The summed E-state index contributed by atoms with van der Waals surface area (Å²) in [6.07, 6.45) is 0. The van der Waals surface area contributed by atoms with Crippen LogP contribution in [-0.4, -0.2) is 27.3 Å². The van der Waals surface area contributed by atoms with E-state index < -0.39 is 0 Å². The summed E-state index contributed by atoms with van der Waals surface area (Å²) in [5.41, 5.74) is 0. The zero-order valence-electron chi connectivity index (χ0n) is 3.29. The van der Waals surface area contributed by atoms with Gasteiger partial charge in [-0.1, -0.05) is 0 Å². The van der Waals surface area contributed by atoms with Crippen molar-refractivity contribution in [3.05, 3.63) is 0 Å². The van der Waals surface area contributed by atoms with Gasteiger partial charge in [-0.25, -0.2) is 0 Å². The third-order valence-corrected chi connectivity index (χ3v) is 0. The number of hydrogen-bond donors (Lipinski definition) is 0. The summed E-state index contributed by atoms with van der Waals surface area (Å²) in [6.45, 7) is 0. The van der Waals surface area contributed by atoms with E-state index in [4.69, 9.17) is 0 Å². The van der Waals surface area contributed by atoms with Crippen LogP contribution in [0.2, 0.25) is 0 Å². The third kappa shape index (κ3) is 47.1. The molecule has 0 atom stereocenters. The Hall–Kier alpha value is 3.15. The largest absolute Gasteiger partial charge is 3.00 e. The monoisotopic (exact) mass is 550 g/mol. The van der Waals surface area contributed by atoms with Crippen molar-refractivity contribution in [2.24, 2.45) is 0 Å². The van der Waals surface area contributed by atoms with Crippen LogP contribution >= 0.6 is 0 Å². The summed E-state index contributed by atoms with van der Waals surface area (Å²) >= 11 is 0. The predicted molar refractivity (Wildman–Crippen MR) is 8.50 cm³/mol. The second-order valence-electron chi connectivity index (χ2n) is 0. The first-order chi connectivity index (χ1) is 0. The average molecular weight is 549 g/mol. The van der Waals surface area contributed by atoms with Crippen LogP contribution in [0.25, 0.3) is 0 Å². The van der Waals surface area contributed by atoms with E-state index in [0.717, 1.165) is 0 Å². The number of rotatable bonds is 0. The fraction of sp³-hybridized carbons (Fsp3) is 0. The minimum absolute atomic E-state index is 0. The first kappa shape index (κ1) is 85.6. The van der Waals surface area contributed by atoms with Gasteiger partial charge in [-0.3, -0.25) is 0 Å². The first-order valence-electron chi connectivity index (χ1n) is 0. The van der Waals surface area contributed by atoms with E-state index >= 15 is 0 Å². The van der Waals surface area contributed by atoms with Gasteiger partial charge in [0.05, 0.1) is 0 Å². The van der Waals surface area contributed by atoms with Crippen LogP contribution in [0.5, 0.6) is 0 Å². The first-order valence-corrected chi connectivity index (χ1v) is 0. The summed E-state index contributed by atoms with van der Waals surface area (Å²) in [5, 5.41) is 0. The fourth-order valence-corrected chi connectivity index (χ4v) is 0. The third-order valence-electron chi connectivity index (χ3n) is 0. The van der Waals surface area contributed by atoms with Gasteiger partial charge in [0.1, 0.15) is 0 Å². The fourth-order valence-electron chi connectivity index (χ4n) is 0. The summed E-state index contributed by atoms with van der Waals surface area (Å²) in [4.78, 5) is 0. The van der Waals surface area contributed by atoms with Crippen LogP contribution in [-0.2, 0) is 21.9 Å². The molecule has 0 aromatic heterocycles. The molecule has 4 nitrogen and oxygen atoms in total. The summed E-state index contributed by atoms with van der Waals surface area (Å²) in [6, 6.07) is 0. The van der Waals surface area contributed by atoms with Gasteiger partial charge in [0.2, 0.25) is 0 Å². The molecular weight excluding hydrogens is 549 g/mol. The molecule has 34 valence electrons. The second kappa shape index (κ2) is 61.2. The van der Waals surface area contributed by atoms with Crippen LogP contribution in [0.4, 0.5) is 0 Å². The molecule has 0 aliphatic carbocycles. The molecule has 7 heteroatoms. The van der Waals surface area contributed by atoms with Gasteiger partial charge in [0.25, 0.3) is 0 Å². The Labute approximate surface area is 118 Å². The maximum Gasteiger partial charge on any atom is 3.00 e. The summed E-state index contributed by atoms with van der Waals surface area (Å²) in [7, 11) is 0. The Morgan fingerprint density at radius 2 is 0.429 bits per heavy atom. The molecule has 0 saturated carbocycles. The van der Waals surface area contributed by atoms with Crippen molar-refractivity contribution in [1.82, 2.24) is 0 Å². The van der Waals surface area contributed by atoms with Crippen molar-refractivity contribution in [2.45, 2.75) is 0 Å². The molecule has 0 bridgehead atoms. The van der Waals surface area contributed by atoms with E-state index in [1.807, 2.05) is 0 Å². The minimum Gasteiger partial charge on any atom is -2.00 e. The molecule has 0 heterocycles. The molecule has 0 rings (SSSR count). The Balaban J connectivity index is 0.